The number of anilines is 2. The highest BCUT2D eigenvalue weighted by molar-refractivity contribution is 7.92. The second kappa shape index (κ2) is 5.53. The minimum absolute atomic E-state index is 0.0733. The lowest BCUT2D eigenvalue weighted by molar-refractivity contribution is 0.0998. The van der Waals surface area contributed by atoms with Gasteiger partial charge in [-0.25, -0.2) is 12.8 Å². The van der Waals surface area contributed by atoms with Crippen molar-refractivity contribution in [3.63, 3.8) is 0 Å². The lowest BCUT2D eigenvalue weighted by Gasteiger charge is -2.31. The van der Waals surface area contributed by atoms with Crippen LogP contribution in [-0.4, -0.2) is 14.3 Å². The number of halogens is 1. The maximum atomic E-state index is 13.2. The Hall–Kier alpha value is -2.99. The number of benzene rings is 3. The predicted molar refractivity (Wildman–Crippen MR) is 91.2 cm³/mol. The van der Waals surface area contributed by atoms with Crippen LogP contribution in [0.15, 0.2) is 82.6 Å². The van der Waals surface area contributed by atoms with Crippen LogP contribution < -0.4 is 4.90 Å². The lowest BCUT2D eigenvalue weighted by atomic mass is 10.1. The molecule has 0 fully saturated rings. The summed E-state index contributed by atoms with van der Waals surface area (Å²) in [6.07, 6.45) is 0. The third kappa shape index (κ3) is 2.34. The van der Waals surface area contributed by atoms with Crippen molar-refractivity contribution in [2.75, 3.05) is 4.90 Å². The molecule has 0 saturated carbocycles. The molecule has 4 nitrogen and oxygen atoms in total. The van der Waals surface area contributed by atoms with Crippen LogP contribution in [0.4, 0.5) is 15.8 Å². The van der Waals surface area contributed by atoms with Gasteiger partial charge in [-0.3, -0.25) is 9.69 Å². The van der Waals surface area contributed by atoms with Gasteiger partial charge in [-0.05, 0) is 48.5 Å². The highest BCUT2D eigenvalue weighted by Gasteiger charge is 2.36. The Kier molecular flexibility index (Phi) is 3.43. The summed E-state index contributed by atoms with van der Waals surface area (Å²) in [5.41, 5.74) is 0.844. The molecule has 124 valence electrons. The maximum Gasteiger partial charge on any atom is 0.262 e. The SMILES string of the molecule is O=C(c1ccc(F)cc1)N1c2ccccc2S(=O)(=O)c2ccccc21. The van der Waals surface area contributed by atoms with Crippen molar-refractivity contribution in [3.05, 3.63) is 84.2 Å². The summed E-state index contributed by atoms with van der Waals surface area (Å²) in [4.78, 5) is 14.6. The Morgan fingerprint density at radius 2 is 1.24 bits per heavy atom. The van der Waals surface area contributed by atoms with E-state index in [-0.39, 0.29) is 26.7 Å². The zero-order chi connectivity index (χ0) is 17.6. The van der Waals surface area contributed by atoms with Crippen LogP contribution >= 0.6 is 0 Å². The largest absolute Gasteiger partial charge is 0.274 e. The van der Waals surface area contributed by atoms with Crippen LogP contribution in [0.25, 0.3) is 0 Å². The number of hydrogen-bond donors (Lipinski definition) is 0. The van der Waals surface area contributed by atoms with Gasteiger partial charge >= 0.3 is 0 Å². The van der Waals surface area contributed by atoms with Crippen LogP contribution in [0.2, 0.25) is 0 Å². The molecular formula is C19H12FNO3S. The first-order valence-electron chi connectivity index (χ1n) is 7.53. The molecule has 1 aliphatic heterocycles. The van der Waals surface area contributed by atoms with Crippen LogP contribution in [0.3, 0.4) is 0 Å². The van der Waals surface area contributed by atoms with Crippen LogP contribution in [-0.2, 0) is 9.84 Å². The lowest BCUT2D eigenvalue weighted by Crippen LogP contribution is -2.31. The van der Waals surface area contributed by atoms with Crippen molar-refractivity contribution < 1.29 is 17.6 Å². The van der Waals surface area contributed by atoms with Crippen molar-refractivity contribution in [3.8, 4) is 0 Å². The smallest absolute Gasteiger partial charge is 0.262 e. The summed E-state index contributed by atoms with van der Waals surface area (Å²) in [6, 6.07) is 17.9. The van der Waals surface area contributed by atoms with Crippen LogP contribution in [0.5, 0.6) is 0 Å². The first-order chi connectivity index (χ1) is 12.0. The first-order valence-corrected chi connectivity index (χ1v) is 9.01. The molecule has 25 heavy (non-hydrogen) atoms. The normalized spacial score (nSPS) is 14.5. The molecule has 0 saturated heterocycles. The van der Waals surface area contributed by atoms with E-state index in [1.54, 1.807) is 36.4 Å². The molecule has 0 spiro atoms. The van der Waals surface area contributed by atoms with E-state index in [2.05, 4.69) is 0 Å². The molecular weight excluding hydrogens is 341 g/mol. The topological polar surface area (TPSA) is 54.5 Å². The molecule has 1 heterocycles. The number of hydrogen-bond acceptors (Lipinski definition) is 3. The Bertz CT molecular complexity index is 1040. The minimum atomic E-state index is -3.71. The summed E-state index contributed by atoms with van der Waals surface area (Å²) in [7, 11) is -3.71. The van der Waals surface area contributed by atoms with Crippen LogP contribution in [0, 0.1) is 5.82 Å². The fourth-order valence-corrected chi connectivity index (χ4v) is 4.55. The molecule has 0 radical (unpaired) electrons. The second-order valence-electron chi connectivity index (χ2n) is 5.59. The number of para-hydroxylation sites is 2. The quantitative estimate of drug-likeness (QED) is 0.666. The Balaban J connectivity index is 1.97. The number of carbonyl (C=O) groups excluding carboxylic acids is 1. The molecule has 3 aromatic carbocycles. The fourth-order valence-electron chi connectivity index (χ4n) is 2.93. The van der Waals surface area contributed by atoms with Crippen molar-refractivity contribution in [2.45, 2.75) is 9.79 Å². The van der Waals surface area contributed by atoms with E-state index in [9.17, 15) is 17.6 Å². The Labute approximate surface area is 144 Å². The van der Waals surface area contributed by atoms with Gasteiger partial charge < -0.3 is 0 Å². The van der Waals surface area contributed by atoms with Gasteiger partial charge in [0.15, 0.2) is 0 Å². The first kappa shape index (κ1) is 15.5. The number of amides is 1. The molecule has 6 heteroatoms. The summed E-state index contributed by atoms with van der Waals surface area (Å²) < 4.78 is 38.9. The number of carbonyl (C=O) groups is 1. The Morgan fingerprint density at radius 3 is 1.76 bits per heavy atom. The zero-order valence-electron chi connectivity index (χ0n) is 12.9. The van der Waals surface area contributed by atoms with Crippen molar-refractivity contribution >= 4 is 27.1 Å². The average Bonchev–Trinajstić information content (AvgIpc) is 2.62. The molecule has 0 unspecified atom stereocenters. The Morgan fingerprint density at radius 1 is 0.760 bits per heavy atom. The molecule has 1 amide bonds. The van der Waals surface area contributed by atoms with E-state index in [1.807, 2.05) is 0 Å². The van der Waals surface area contributed by atoms with Crippen LogP contribution in [0.1, 0.15) is 10.4 Å². The summed E-state index contributed by atoms with van der Waals surface area (Å²) in [5.74, 6) is -0.867. The molecule has 0 aliphatic carbocycles. The molecule has 0 N–H and O–H groups in total. The highest BCUT2D eigenvalue weighted by atomic mass is 32.2. The van der Waals surface area contributed by atoms with E-state index in [1.165, 1.54) is 41.3 Å². The van der Waals surface area contributed by atoms with E-state index in [0.717, 1.165) is 0 Å². The van der Waals surface area contributed by atoms with Gasteiger partial charge in [-0.15, -0.1) is 0 Å². The minimum Gasteiger partial charge on any atom is -0.274 e. The fraction of sp³-hybridized carbons (Fsp3) is 0. The number of sulfone groups is 1. The summed E-state index contributed by atoms with van der Waals surface area (Å²) >= 11 is 0. The number of fused-ring (bicyclic) bond motifs is 2. The standard InChI is InChI=1S/C19H12FNO3S/c20-14-11-9-13(10-12-14)19(22)21-15-5-1-3-7-17(15)25(23,24)18-8-4-2-6-16(18)21/h1-12H. The van der Waals surface area contributed by atoms with Crippen molar-refractivity contribution in [1.29, 1.82) is 0 Å². The van der Waals surface area contributed by atoms with Gasteiger partial charge in [-0.1, -0.05) is 24.3 Å². The third-order valence-corrected chi connectivity index (χ3v) is 5.93. The summed E-state index contributed by atoms with van der Waals surface area (Å²) in [5, 5.41) is 0. The van der Waals surface area contributed by atoms with Gasteiger partial charge in [0, 0.05) is 5.56 Å². The molecule has 1 aliphatic rings. The molecule has 0 bridgehead atoms. The van der Waals surface area contributed by atoms with E-state index in [4.69, 9.17) is 0 Å². The monoisotopic (exact) mass is 353 g/mol. The van der Waals surface area contributed by atoms with E-state index in [0.29, 0.717) is 0 Å². The average molecular weight is 353 g/mol. The zero-order valence-corrected chi connectivity index (χ0v) is 13.7. The van der Waals surface area contributed by atoms with Gasteiger partial charge in [0.05, 0.1) is 21.2 Å². The predicted octanol–water partition coefficient (Wildman–Crippen LogP) is 3.95. The molecule has 3 aromatic rings. The molecule has 0 atom stereocenters. The van der Waals surface area contributed by atoms with Crippen molar-refractivity contribution in [1.82, 2.24) is 0 Å². The maximum absolute atomic E-state index is 13.2. The van der Waals surface area contributed by atoms with Gasteiger partial charge in [0.25, 0.3) is 5.91 Å². The van der Waals surface area contributed by atoms with Gasteiger partial charge in [0.1, 0.15) is 5.82 Å². The van der Waals surface area contributed by atoms with Gasteiger partial charge in [-0.2, -0.15) is 0 Å². The van der Waals surface area contributed by atoms with Crippen molar-refractivity contribution in [2.24, 2.45) is 0 Å². The molecule has 4 rings (SSSR count). The van der Waals surface area contributed by atoms with E-state index < -0.39 is 21.6 Å². The van der Waals surface area contributed by atoms with E-state index >= 15 is 0 Å². The number of rotatable bonds is 1. The molecule has 0 aromatic heterocycles. The van der Waals surface area contributed by atoms with Gasteiger partial charge in [0.2, 0.25) is 9.84 Å². The highest BCUT2D eigenvalue weighted by Crippen LogP contribution is 2.44. The third-order valence-electron chi connectivity index (χ3n) is 4.09. The summed E-state index contributed by atoms with van der Waals surface area (Å²) in [6.45, 7) is 0. The second-order valence-corrected chi connectivity index (χ2v) is 7.47. The number of nitrogens with zero attached hydrogens (tertiary/aromatic N) is 1.